The van der Waals surface area contributed by atoms with Crippen molar-refractivity contribution in [2.24, 2.45) is 0 Å². The maximum absolute atomic E-state index is 2.37. The van der Waals surface area contributed by atoms with Crippen LogP contribution in [0.2, 0.25) is 0 Å². The molecular formula is C55H58. The fourth-order valence-electron chi connectivity index (χ4n) is 7.27. The fourth-order valence-corrected chi connectivity index (χ4v) is 7.27. The first-order valence-electron chi connectivity index (χ1n) is 19.9. The smallest absolute Gasteiger partial charge is 0.00831 e. The maximum Gasteiger partial charge on any atom is 0.00831 e. The highest BCUT2D eigenvalue weighted by Crippen LogP contribution is 2.33. The molecule has 55 heavy (non-hydrogen) atoms. The molecule has 0 fully saturated rings. The Morgan fingerprint density at radius 3 is 2.07 bits per heavy atom. The van der Waals surface area contributed by atoms with Crippen molar-refractivity contribution in [3.63, 3.8) is 0 Å². The van der Waals surface area contributed by atoms with Crippen LogP contribution in [0.1, 0.15) is 90.3 Å². The van der Waals surface area contributed by atoms with Gasteiger partial charge < -0.3 is 0 Å². The second-order valence-corrected chi connectivity index (χ2v) is 14.3. The minimum Gasteiger partial charge on any atom is -0.0874 e. The van der Waals surface area contributed by atoms with E-state index in [-0.39, 0.29) is 5.92 Å². The Morgan fingerprint density at radius 1 is 0.673 bits per heavy atom. The molecule has 4 aromatic rings. The normalized spacial score (nSPS) is 15.9. The summed E-state index contributed by atoms with van der Waals surface area (Å²) in [5, 5.41) is 2.52. The highest BCUT2D eigenvalue weighted by molar-refractivity contribution is 5.90. The van der Waals surface area contributed by atoms with E-state index in [2.05, 4.69) is 231 Å². The van der Waals surface area contributed by atoms with E-state index in [1.165, 1.54) is 77.6 Å². The maximum atomic E-state index is 2.37. The third-order valence-electron chi connectivity index (χ3n) is 10.5. The van der Waals surface area contributed by atoms with Gasteiger partial charge in [-0.15, -0.1) is 0 Å². The fraction of sp³-hybridized carbons (Fsp3) is 0.200. The molecule has 0 bridgehead atoms. The van der Waals surface area contributed by atoms with E-state index in [0.29, 0.717) is 0 Å². The Balaban J connectivity index is 1.41. The topological polar surface area (TPSA) is 0 Å². The van der Waals surface area contributed by atoms with Crippen molar-refractivity contribution in [3.8, 4) is 11.1 Å². The van der Waals surface area contributed by atoms with Gasteiger partial charge in [0, 0.05) is 5.92 Å². The molecule has 0 nitrogen and oxygen atoms in total. The van der Waals surface area contributed by atoms with Crippen molar-refractivity contribution >= 4 is 21.9 Å². The molecule has 0 saturated carbocycles. The van der Waals surface area contributed by atoms with Crippen LogP contribution in [0.4, 0.5) is 0 Å². The van der Waals surface area contributed by atoms with E-state index in [9.17, 15) is 0 Å². The van der Waals surface area contributed by atoms with Crippen LogP contribution < -0.4 is 0 Å². The first-order valence-corrected chi connectivity index (χ1v) is 19.9. The van der Waals surface area contributed by atoms with Gasteiger partial charge in [0.05, 0.1) is 0 Å². The van der Waals surface area contributed by atoms with E-state index >= 15 is 0 Å². The van der Waals surface area contributed by atoms with E-state index in [0.717, 1.165) is 19.3 Å². The predicted octanol–water partition coefficient (Wildman–Crippen LogP) is 16.2. The largest absolute Gasteiger partial charge is 0.0874 e. The molecule has 0 aliphatic heterocycles. The molecule has 0 aromatic heterocycles. The first kappa shape index (κ1) is 40.5. The molecule has 0 spiro atoms. The third kappa shape index (κ3) is 11.2. The van der Waals surface area contributed by atoms with Crippen molar-refractivity contribution < 1.29 is 0 Å². The highest BCUT2D eigenvalue weighted by atomic mass is 14.2. The molecule has 278 valence electrons. The standard InChI is InChI=1S/C55H58/c1-8-20-44(10-3)41(5)28-29-42(6)55(49-32-30-48(31-33-49)47-23-17-14-18-24-47)27-19-26-45(11-4)51-34-35-54-40-52(36-37-53(54)39-51)50-25-16-13-12-15-22-46(21-9-2)43(7)38-50/h8-21,23-24,26,28-40,55H,22,25,27H2,1-7H3. The van der Waals surface area contributed by atoms with Gasteiger partial charge >= 0.3 is 0 Å². The van der Waals surface area contributed by atoms with Gasteiger partial charge in [-0.05, 0) is 152 Å². The zero-order valence-electron chi connectivity index (χ0n) is 34.0. The SMILES string of the molecule is CC=CC(=CC)C(C)=CC=C(C)C(CC=CC(=CC)c1ccc2cc(C3=CC(C)=C(C=CC)CC=CC=CC3)ccc2c1)c1ccc(-c2ccccc2)cc1. The van der Waals surface area contributed by atoms with Gasteiger partial charge in [0.2, 0.25) is 0 Å². The Morgan fingerprint density at radius 2 is 1.36 bits per heavy atom. The van der Waals surface area contributed by atoms with Gasteiger partial charge in [0.25, 0.3) is 0 Å². The molecule has 1 aliphatic carbocycles. The Hall–Kier alpha value is -5.72. The average Bonchev–Trinajstić information content (AvgIpc) is 3.22. The zero-order valence-corrected chi connectivity index (χ0v) is 34.0. The first-order chi connectivity index (χ1) is 26.8. The van der Waals surface area contributed by atoms with Crippen molar-refractivity contribution in [2.75, 3.05) is 0 Å². The van der Waals surface area contributed by atoms with Gasteiger partial charge in [-0.2, -0.15) is 0 Å². The summed E-state index contributed by atoms with van der Waals surface area (Å²) in [7, 11) is 0. The van der Waals surface area contributed by atoms with Crippen LogP contribution in [0.5, 0.6) is 0 Å². The molecule has 1 atom stereocenters. The average molecular weight is 719 g/mol. The number of fused-ring (bicyclic) bond motifs is 1. The lowest BCUT2D eigenvalue weighted by molar-refractivity contribution is 0.808. The van der Waals surface area contributed by atoms with E-state index < -0.39 is 0 Å². The molecule has 0 amide bonds. The number of hydrogen-bond acceptors (Lipinski definition) is 0. The summed E-state index contributed by atoms with van der Waals surface area (Å²) in [5.41, 5.74) is 15.4. The zero-order chi connectivity index (χ0) is 39.0. The lowest BCUT2D eigenvalue weighted by Gasteiger charge is -2.18. The predicted molar refractivity (Wildman–Crippen MR) is 245 cm³/mol. The minimum atomic E-state index is 0.253. The molecule has 0 N–H and O–H groups in total. The molecule has 1 aliphatic rings. The third-order valence-corrected chi connectivity index (χ3v) is 10.5. The summed E-state index contributed by atoms with van der Waals surface area (Å²) in [5.74, 6) is 0.253. The van der Waals surface area contributed by atoms with Crippen molar-refractivity contribution in [2.45, 2.75) is 73.6 Å². The number of benzene rings is 4. The van der Waals surface area contributed by atoms with Gasteiger partial charge in [-0.1, -0.05) is 176 Å². The van der Waals surface area contributed by atoms with E-state index in [4.69, 9.17) is 0 Å². The lowest BCUT2D eigenvalue weighted by Crippen LogP contribution is -2.00. The number of allylic oxidation sites excluding steroid dienone is 22. The summed E-state index contributed by atoms with van der Waals surface area (Å²) >= 11 is 0. The van der Waals surface area contributed by atoms with Crippen molar-refractivity contribution in [3.05, 3.63) is 227 Å². The minimum absolute atomic E-state index is 0.253. The summed E-state index contributed by atoms with van der Waals surface area (Å²) in [4.78, 5) is 0. The van der Waals surface area contributed by atoms with Gasteiger partial charge in [0.1, 0.15) is 0 Å². The quantitative estimate of drug-likeness (QED) is 0.128. The van der Waals surface area contributed by atoms with Gasteiger partial charge in [0.15, 0.2) is 0 Å². The van der Waals surface area contributed by atoms with Crippen LogP contribution in [-0.4, -0.2) is 0 Å². The Labute approximate surface area is 332 Å². The van der Waals surface area contributed by atoms with E-state index in [1.54, 1.807) is 0 Å². The van der Waals surface area contributed by atoms with Crippen LogP contribution in [0.3, 0.4) is 0 Å². The molecule has 4 aromatic carbocycles. The Kier molecular flexibility index (Phi) is 15.2. The summed E-state index contributed by atoms with van der Waals surface area (Å²) in [6.07, 6.45) is 36.3. The summed E-state index contributed by atoms with van der Waals surface area (Å²) in [6.45, 7) is 15.1. The van der Waals surface area contributed by atoms with Crippen LogP contribution >= 0.6 is 0 Å². The van der Waals surface area contributed by atoms with Crippen molar-refractivity contribution in [1.29, 1.82) is 0 Å². The summed E-state index contributed by atoms with van der Waals surface area (Å²) in [6, 6.07) is 33.6. The van der Waals surface area contributed by atoms with E-state index in [1.807, 2.05) is 0 Å². The molecule has 0 heterocycles. The molecule has 0 radical (unpaired) electrons. The van der Waals surface area contributed by atoms with Crippen LogP contribution in [0.15, 0.2) is 210 Å². The van der Waals surface area contributed by atoms with Crippen LogP contribution in [-0.2, 0) is 0 Å². The molecule has 1 unspecified atom stereocenters. The van der Waals surface area contributed by atoms with Crippen LogP contribution in [0, 0.1) is 0 Å². The van der Waals surface area contributed by atoms with Crippen LogP contribution in [0.25, 0.3) is 33.0 Å². The molecule has 0 heteroatoms. The molecule has 5 rings (SSSR count). The Bertz CT molecular complexity index is 2260. The summed E-state index contributed by atoms with van der Waals surface area (Å²) < 4.78 is 0. The molecular weight excluding hydrogens is 661 g/mol. The second-order valence-electron chi connectivity index (χ2n) is 14.3. The number of rotatable bonds is 12. The van der Waals surface area contributed by atoms with Gasteiger partial charge in [-0.3, -0.25) is 0 Å². The number of hydrogen-bond donors (Lipinski definition) is 0. The second kappa shape index (κ2) is 20.7. The highest BCUT2D eigenvalue weighted by Gasteiger charge is 2.13. The monoisotopic (exact) mass is 718 g/mol. The van der Waals surface area contributed by atoms with Crippen molar-refractivity contribution in [1.82, 2.24) is 0 Å². The lowest BCUT2D eigenvalue weighted by atomic mass is 9.87. The van der Waals surface area contributed by atoms with Gasteiger partial charge in [-0.25, -0.2) is 0 Å². The molecule has 0 saturated heterocycles.